The fourth-order valence-electron chi connectivity index (χ4n) is 3.60. The Morgan fingerprint density at radius 3 is 2.80 bits per heavy atom. The van der Waals surface area contributed by atoms with Gasteiger partial charge in [0.15, 0.2) is 0 Å². The zero-order valence-electron chi connectivity index (χ0n) is 13.3. The minimum absolute atomic E-state index is 0.254. The molecule has 0 bridgehead atoms. The molecule has 0 amide bonds. The van der Waals surface area contributed by atoms with Gasteiger partial charge in [0, 0.05) is 41.5 Å². The van der Waals surface area contributed by atoms with Gasteiger partial charge in [0.05, 0.1) is 0 Å². The van der Waals surface area contributed by atoms with Crippen LogP contribution in [0.4, 0.5) is 0 Å². The van der Waals surface area contributed by atoms with Crippen molar-refractivity contribution in [3.05, 3.63) is 22.4 Å². The number of thiophene rings is 1. The van der Waals surface area contributed by atoms with Gasteiger partial charge in [0.25, 0.3) is 0 Å². The molecule has 1 N–H and O–H groups in total. The van der Waals surface area contributed by atoms with E-state index in [1.54, 1.807) is 0 Å². The second-order valence-corrected chi connectivity index (χ2v) is 8.64. The van der Waals surface area contributed by atoms with Crippen molar-refractivity contribution in [3.63, 3.8) is 0 Å². The van der Waals surface area contributed by atoms with Crippen molar-refractivity contribution >= 4 is 11.3 Å². The third-order valence-corrected chi connectivity index (χ3v) is 6.46. The van der Waals surface area contributed by atoms with Gasteiger partial charge < -0.3 is 5.32 Å². The molecule has 2 heterocycles. The normalized spacial score (nSPS) is 32.5. The second-order valence-electron chi connectivity index (χ2n) is 7.69. The van der Waals surface area contributed by atoms with E-state index in [0.29, 0.717) is 11.6 Å². The Kier molecular flexibility index (Phi) is 3.72. The van der Waals surface area contributed by atoms with E-state index < -0.39 is 0 Å². The minimum atomic E-state index is 0.254. The molecule has 1 saturated heterocycles. The van der Waals surface area contributed by atoms with E-state index in [1.165, 1.54) is 30.8 Å². The molecule has 2 nitrogen and oxygen atoms in total. The summed E-state index contributed by atoms with van der Waals surface area (Å²) in [4.78, 5) is 4.23. The van der Waals surface area contributed by atoms with Gasteiger partial charge in [0.2, 0.25) is 0 Å². The van der Waals surface area contributed by atoms with Gasteiger partial charge in [-0.2, -0.15) is 0 Å². The van der Waals surface area contributed by atoms with E-state index in [9.17, 15) is 0 Å². The fraction of sp³-hybridized carbons (Fsp3) is 0.765. The smallest absolute Gasteiger partial charge is 0.0309 e. The summed E-state index contributed by atoms with van der Waals surface area (Å²) in [6.45, 7) is 13.1. The largest absolute Gasteiger partial charge is 0.308 e. The highest BCUT2D eigenvalue weighted by atomic mass is 32.1. The van der Waals surface area contributed by atoms with Crippen LogP contribution in [-0.2, 0) is 5.41 Å². The van der Waals surface area contributed by atoms with Crippen LogP contribution in [0.5, 0.6) is 0 Å². The molecule has 112 valence electrons. The summed E-state index contributed by atoms with van der Waals surface area (Å²) < 4.78 is 0. The standard InChI is InChI=1S/C17H28N2S/c1-13-10-18-17(4,14-7-8-14)12-19(13)11-16(2,3)15-6-5-9-20-15/h5-6,9,13-14,18H,7-8,10-12H2,1-4H3. The molecule has 2 atom stereocenters. The Balaban J connectivity index is 1.71. The van der Waals surface area contributed by atoms with E-state index in [2.05, 4.69) is 55.4 Å². The zero-order valence-corrected chi connectivity index (χ0v) is 14.1. The first-order chi connectivity index (χ1) is 9.41. The van der Waals surface area contributed by atoms with E-state index in [1.807, 2.05) is 11.3 Å². The molecule has 1 aromatic rings. The average molecular weight is 292 g/mol. The lowest BCUT2D eigenvalue weighted by Crippen LogP contribution is -2.64. The van der Waals surface area contributed by atoms with Crippen molar-refractivity contribution in [2.75, 3.05) is 19.6 Å². The van der Waals surface area contributed by atoms with E-state index >= 15 is 0 Å². The summed E-state index contributed by atoms with van der Waals surface area (Å²) >= 11 is 1.90. The molecule has 2 aliphatic rings. The van der Waals surface area contributed by atoms with Gasteiger partial charge in [-0.15, -0.1) is 11.3 Å². The SMILES string of the molecule is CC1CNC(C)(C2CC2)CN1CC(C)(C)c1cccs1. The summed E-state index contributed by atoms with van der Waals surface area (Å²) in [5.74, 6) is 0.905. The Bertz CT molecular complexity index is 450. The Hall–Kier alpha value is -0.380. The lowest BCUT2D eigenvalue weighted by atomic mass is 9.86. The van der Waals surface area contributed by atoms with E-state index in [4.69, 9.17) is 0 Å². The van der Waals surface area contributed by atoms with Crippen LogP contribution in [0.3, 0.4) is 0 Å². The van der Waals surface area contributed by atoms with Crippen molar-refractivity contribution in [3.8, 4) is 0 Å². The lowest BCUT2D eigenvalue weighted by molar-refractivity contribution is 0.0674. The first-order valence-corrected chi connectivity index (χ1v) is 8.82. The van der Waals surface area contributed by atoms with Crippen molar-refractivity contribution in [2.24, 2.45) is 5.92 Å². The van der Waals surface area contributed by atoms with E-state index in [-0.39, 0.29) is 5.41 Å². The molecular weight excluding hydrogens is 264 g/mol. The molecule has 3 rings (SSSR count). The highest BCUT2D eigenvalue weighted by Gasteiger charge is 2.46. The van der Waals surface area contributed by atoms with Gasteiger partial charge in [-0.1, -0.05) is 19.9 Å². The second kappa shape index (κ2) is 5.11. The van der Waals surface area contributed by atoms with Gasteiger partial charge in [-0.05, 0) is 44.1 Å². The highest BCUT2D eigenvalue weighted by Crippen LogP contribution is 2.42. The molecule has 1 saturated carbocycles. The Labute approximate surface area is 127 Å². The molecule has 0 spiro atoms. The monoisotopic (exact) mass is 292 g/mol. The molecule has 0 radical (unpaired) electrons. The van der Waals surface area contributed by atoms with Crippen LogP contribution in [0.25, 0.3) is 0 Å². The van der Waals surface area contributed by atoms with Crippen LogP contribution in [0, 0.1) is 5.92 Å². The third kappa shape index (κ3) is 2.81. The van der Waals surface area contributed by atoms with Gasteiger partial charge in [0.1, 0.15) is 0 Å². The maximum atomic E-state index is 3.82. The molecule has 3 heteroatoms. The van der Waals surface area contributed by atoms with Gasteiger partial charge in [-0.25, -0.2) is 0 Å². The van der Waals surface area contributed by atoms with Gasteiger partial charge in [-0.3, -0.25) is 4.90 Å². The van der Waals surface area contributed by atoms with Crippen LogP contribution < -0.4 is 5.32 Å². The van der Waals surface area contributed by atoms with Crippen LogP contribution in [-0.4, -0.2) is 36.1 Å². The summed E-state index contributed by atoms with van der Waals surface area (Å²) in [5.41, 5.74) is 0.599. The van der Waals surface area contributed by atoms with E-state index in [0.717, 1.165) is 12.5 Å². The summed E-state index contributed by atoms with van der Waals surface area (Å²) in [6.07, 6.45) is 2.83. The number of nitrogens with one attached hydrogen (secondary N) is 1. The number of nitrogens with zero attached hydrogens (tertiary/aromatic N) is 1. The molecule has 1 aliphatic carbocycles. The Morgan fingerprint density at radius 2 is 2.20 bits per heavy atom. The third-order valence-electron chi connectivity index (χ3n) is 5.22. The number of hydrogen-bond acceptors (Lipinski definition) is 3. The molecular formula is C17H28N2S. The van der Waals surface area contributed by atoms with Crippen LogP contribution in [0.15, 0.2) is 17.5 Å². The minimum Gasteiger partial charge on any atom is -0.308 e. The predicted octanol–water partition coefficient (Wildman–Crippen LogP) is 3.49. The molecule has 1 aliphatic heterocycles. The topological polar surface area (TPSA) is 15.3 Å². The molecule has 2 unspecified atom stereocenters. The van der Waals surface area contributed by atoms with Crippen molar-refractivity contribution in [1.29, 1.82) is 0 Å². The Morgan fingerprint density at radius 1 is 1.45 bits per heavy atom. The maximum absolute atomic E-state index is 3.82. The van der Waals surface area contributed by atoms with Crippen molar-refractivity contribution in [1.82, 2.24) is 10.2 Å². The number of hydrogen-bond donors (Lipinski definition) is 1. The highest BCUT2D eigenvalue weighted by molar-refractivity contribution is 7.10. The fourth-order valence-corrected chi connectivity index (χ4v) is 4.44. The predicted molar refractivity (Wildman–Crippen MR) is 87.5 cm³/mol. The zero-order chi connectivity index (χ0) is 14.4. The quantitative estimate of drug-likeness (QED) is 0.914. The molecule has 0 aromatic carbocycles. The molecule has 20 heavy (non-hydrogen) atoms. The maximum Gasteiger partial charge on any atom is 0.0309 e. The lowest BCUT2D eigenvalue weighted by Gasteiger charge is -2.48. The molecule has 1 aromatic heterocycles. The van der Waals surface area contributed by atoms with Crippen LogP contribution in [0.2, 0.25) is 0 Å². The summed E-state index contributed by atoms with van der Waals surface area (Å²) in [7, 11) is 0. The first kappa shape index (κ1) is 14.6. The van der Waals surface area contributed by atoms with Gasteiger partial charge >= 0.3 is 0 Å². The summed E-state index contributed by atoms with van der Waals surface area (Å²) in [5, 5.41) is 6.02. The van der Waals surface area contributed by atoms with Crippen LogP contribution >= 0.6 is 11.3 Å². The number of rotatable bonds is 4. The van der Waals surface area contributed by atoms with Crippen molar-refractivity contribution in [2.45, 2.75) is 57.5 Å². The molecule has 2 fully saturated rings. The van der Waals surface area contributed by atoms with Crippen molar-refractivity contribution < 1.29 is 0 Å². The van der Waals surface area contributed by atoms with Crippen LogP contribution in [0.1, 0.15) is 45.4 Å². The number of piperazine rings is 1. The summed E-state index contributed by atoms with van der Waals surface area (Å²) in [6, 6.07) is 5.11. The average Bonchev–Trinajstić information content (AvgIpc) is 3.09. The first-order valence-electron chi connectivity index (χ1n) is 7.94.